The van der Waals surface area contributed by atoms with Crippen LogP contribution in [0.3, 0.4) is 0 Å². The lowest BCUT2D eigenvalue weighted by Gasteiger charge is -2.49. The molecule has 2 heterocycles. The predicted molar refractivity (Wildman–Crippen MR) is 74.5 cm³/mol. The van der Waals surface area contributed by atoms with Crippen LogP contribution >= 0.6 is 31.9 Å². The van der Waals surface area contributed by atoms with E-state index in [2.05, 4.69) is 37.2 Å². The molecule has 1 N–H and O–H groups in total. The lowest BCUT2D eigenvalue weighted by Crippen LogP contribution is -2.63. The number of nitrogens with one attached hydrogen (secondary N) is 1. The second-order valence-electron chi connectivity index (χ2n) is 4.85. The number of carbonyl (C=O) groups is 1. The third-order valence-electron chi connectivity index (χ3n) is 3.63. The Balaban J connectivity index is 2.17. The normalized spacial score (nSPS) is 29.4. The van der Waals surface area contributed by atoms with Gasteiger partial charge in [-0.1, -0.05) is 15.9 Å². The SMILES string of the molecule is CN1C(=O)NC2CC1(C)Oc1c(Br)cc(Br)cc12. The molecule has 1 aromatic rings. The molecule has 2 aliphatic heterocycles. The van der Waals surface area contributed by atoms with Gasteiger partial charge >= 0.3 is 6.03 Å². The average molecular weight is 376 g/mol. The second-order valence-corrected chi connectivity index (χ2v) is 6.62. The Labute approximate surface area is 122 Å². The van der Waals surface area contributed by atoms with Gasteiger partial charge in [-0.05, 0) is 35.0 Å². The van der Waals surface area contributed by atoms with Crippen molar-refractivity contribution >= 4 is 37.9 Å². The van der Waals surface area contributed by atoms with Crippen molar-refractivity contribution in [1.82, 2.24) is 10.2 Å². The van der Waals surface area contributed by atoms with Gasteiger partial charge < -0.3 is 10.1 Å². The molecule has 0 aliphatic carbocycles. The number of amides is 2. The van der Waals surface area contributed by atoms with Crippen LogP contribution in [-0.4, -0.2) is 23.7 Å². The molecule has 0 radical (unpaired) electrons. The van der Waals surface area contributed by atoms with Crippen LogP contribution in [0, 0.1) is 0 Å². The Kier molecular flexibility index (Phi) is 2.64. The first-order valence-corrected chi connectivity index (χ1v) is 7.21. The van der Waals surface area contributed by atoms with Gasteiger partial charge in [0.05, 0.1) is 10.5 Å². The van der Waals surface area contributed by atoms with E-state index in [1.807, 2.05) is 19.1 Å². The average Bonchev–Trinajstić information content (AvgIpc) is 2.28. The van der Waals surface area contributed by atoms with E-state index in [4.69, 9.17) is 4.74 Å². The van der Waals surface area contributed by atoms with Gasteiger partial charge in [0.15, 0.2) is 5.72 Å². The minimum absolute atomic E-state index is 0.00347. The van der Waals surface area contributed by atoms with Gasteiger partial charge in [-0.25, -0.2) is 4.79 Å². The maximum Gasteiger partial charge on any atom is 0.320 e. The zero-order valence-electron chi connectivity index (χ0n) is 9.96. The molecule has 0 saturated carbocycles. The Morgan fingerprint density at radius 1 is 1.50 bits per heavy atom. The largest absolute Gasteiger partial charge is 0.466 e. The van der Waals surface area contributed by atoms with E-state index in [1.54, 1.807) is 11.9 Å². The highest BCUT2D eigenvalue weighted by Gasteiger charge is 2.47. The maximum absolute atomic E-state index is 11.9. The fourth-order valence-corrected chi connectivity index (χ4v) is 3.83. The molecule has 1 fully saturated rings. The van der Waals surface area contributed by atoms with Crippen LogP contribution < -0.4 is 10.1 Å². The molecule has 2 atom stereocenters. The van der Waals surface area contributed by atoms with Crippen molar-refractivity contribution in [2.75, 3.05) is 7.05 Å². The zero-order valence-corrected chi connectivity index (χ0v) is 13.1. The number of ether oxygens (including phenoxy) is 1. The standard InChI is InChI=1S/C12H12Br2N2O2/c1-12-5-9(15-11(17)16(12)2)7-3-6(13)4-8(14)10(7)18-12/h3-4,9H,5H2,1-2H3,(H,15,17). The molecule has 0 spiro atoms. The van der Waals surface area contributed by atoms with Crippen LogP contribution in [0.1, 0.15) is 24.9 Å². The first-order valence-electron chi connectivity index (χ1n) is 5.63. The van der Waals surface area contributed by atoms with Crippen molar-refractivity contribution in [3.05, 3.63) is 26.6 Å². The van der Waals surface area contributed by atoms with E-state index in [-0.39, 0.29) is 12.1 Å². The number of nitrogens with zero attached hydrogens (tertiary/aromatic N) is 1. The van der Waals surface area contributed by atoms with Gasteiger partial charge in [0.1, 0.15) is 5.75 Å². The summed E-state index contributed by atoms with van der Waals surface area (Å²) in [7, 11) is 1.75. The number of halogens is 2. The van der Waals surface area contributed by atoms with Gasteiger partial charge in [-0.3, -0.25) is 4.90 Å². The molecule has 1 aromatic carbocycles. The Morgan fingerprint density at radius 2 is 2.22 bits per heavy atom. The highest BCUT2D eigenvalue weighted by atomic mass is 79.9. The second kappa shape index (κ2) is 3.87. The summed E-state index contributed by atoms with van der Waals surface area (Å²) in [5.41, 5.74) is 0.422. The summed E-state index contributed by atoms with van der Waals surface area (Å²) in [5.74, 6) is 0.809. The number of urea groups is 1. The quantitative estimate of drug-likeness (QED) is 0.754. The van der Waals surface area contributed by atoms with Crippen molar-refractivity contribution in [2.24, 2.45) is 0 Å². The van der Waals surface area contributed by atoms with E-state index in [9.17, 15) is 4.79 Å². The molecule has 1 saturated heterocycles. The Bertz CT molecular complexity index is 549. The summed E-state index contributed by atoms with van der Waals surface area (Å²) in [5, 5.41) is 3.00. The number of benzene rings is 1. The fraction of sp³-hybridized carbons (Fsp3) is 0.417. The number of hydrogen-bond donors (Lipinski definition) is 1. The van der Waals surface area contributed by atoms with E-state index >= 15 is 0 Å². The highest BCUT2D eigenvalue weighted by molar-refractivity contribution is 9.11. The minimum Gasteiger partial charge on any atom is -0.466 e. The summed E-state index contributed by atoms with van der Waals surface area (Å²) in [6.45, 7) is 1.94. The van der Waals surface area contributed by atoms with Crippen LogP contribution in [0.2, 0.25) is 0 Å². The molecule has 18 heavy (non-hydrogen) atoms. The van der Waals surface area contributed by atoms with Gasteiger partial charge in [0.25, 0.3) is 0 Å². The third-order valence-corrected chi connectivity index (χ3v) is 4.68. The van der Waals surface area contributed by atoms with Crippen molar-refractivity contribution in [2.45, 2.75) is 25.1 Å². The van der Waals surface area contributed by atoms with Crippen molar-refractivity contribution < 1.29 is 9.53 Å². The summed E-state index contributed by atoms with van der Waals surface area (Å²) in [4.78, 5) is 13.5. The van der Waals surface area contributed by atoms with Gasteiger partial charge in [0, 0.05) is 23.5 Å². The smallest absolute Gasteiger partial charge is 0.320 e. The molecule has 4 nitrogen and oxygen atoms in total. The molecule has 2 unspecified atom stereocenters. The number of rotatable bonds is 0. The molecule has 96 valence electrons. The van der Waals surface area contributed by atoms with Gasteiger partial charge in [-0.15, -0.1) is 0 Å². The van der Waals surface area contributed by atoms with Crippen molar-refractivity contribution in [3.63, 3.8) is 0 Å². The van der Waals surface area contributed by atoms with Crippen LogP contribution in [-0.2, 0) is 0 Å². The first-order chi connectivity index (χ1) is 8.40. The fourth-order valence-electron chi connectivity index (χ4n) is 2.49. The zero-order chi connectivity index (χ0) is 13.1. The highest BCUT2D eigenvalue weighted by Crippen LogP contribution is 2.47. The third kappa shape index (κ3) is 1.66. The van der Waals surface area contributed by atoms with E-state index in [0.717, 1.165) is 26.7 Å². The maximum atomic E-state index is 11.9. The lowest BCUT2D eigenvalue weighted by molar-refractivity contribution is -0.0724. The molecule has 0 aromatic heterocycles. The predicted octanol–water partition coefficient (Wildman–Crippen LogP) is 3.41. The Hall–Kier alpha value is -0.750. The molecular weight excluding hydrogens is 364 g/mol. The van der Waals surface area contributed by atoms with Crippen molar-refractivity contribution in [1.29, 1.82) is 0 Å². The number of hydrogen-bond acceptors (Lipinski definition) is 2. The van der Waals surface area contributed by atoms with Crippen LogP contribution in [0.25, 0.3) is 0 Å². The van der Waals surface area contributed by atoms with E-state index < -0.39 is 5.72 Å². The number of fused-ring (bicyclic) bond motifs is 4. The molecule has 2 bridgehead atoms. The summed E-state index contributed by atoms with van der Waals surface area (Å²) < 4.78 is 7.92. The van der Waals surface area contributed by atoms with Crippen LogP contribution in [0.5, 0.6) is 5.75 Å². The first kappa shape index (κ1) is 12.3. The minimum atomic E-state index is -0.587. The molecular formula is C12H12Br2N2O2. The van der Waals surface area contributed by atoms with Crippen LogP contribution in [0.15, 0.2) is 21.1 Å². The van der Waals surface area contributed by atoms with Gasteiger partial charge in [0.2, 0.25) is 0 Å². The number of carbonyl (C=O) groups excluding carboxylic acids is 1. The monoisotopic (exact) mass is 374 g/mol. The summed E-state index contributed by atoms with van der Waals surface area (Å²) in [6.07, 6.45) is 0.741. The summed E-state index contributed by atoms with van der Waals surface area (Å²) in [6, 6.07) is 3.84. The molecule has 3 rings (SSSR count). The van der Waals surface area contributed by atoms with Gasteiger partial charge in [-0.2, -0.15) is 0 Å². The Morgan fingerprint density at radius 3 is 2.94 bits per heavy atom. The molecule has 2 aliphatic rings. The van der Waals surface area contributed by atoms with E-state index in [1.165, 1.54) is 0 Å². The van der Waals surface area contributed by atoms with Crippen LogP contribution in [0.4, 0.5) is 4.79 Å². The van der Waals surface area contributed by atoms with Crippen molar-refractivity contribution in [3.8, 4) is 5.75 Å². The summed E-state index contributed by atoms with van der Waals surface area (Å²) >= 11 is 6.98. The topological polar surface area (TPSA) is 41.6 Å². The molecule has 2 amide bonds. The van der Waals surface area contributed by atoms with E-state index in [0.29, 0.717) is 0 Å². The molecule has 6 heteroatoms. The lowest BCUT2D eigenvalue weighted by atomic mass is 9.91.